The van der Waals surface area contributed by atoms with Gasteiger partial charge in [-0.25, -0.2) is 4.79 Å². The smallest absolute Gasteiger partial charge is 0.410 e. The summed E-state index contributed by atoms with van der Waals surface area (Å²) < 4.78 is 5.14. The number of ether oxygens (including phenoxy) is 1. The van der Waals surface area contributed by atoms with Crippen molar-refractivity contribution in [1.82, 2.24) is 4.90 Å². The van der Waals surface area contributed by atoms with E-state index < -0.39 is 17.7 Å². The number of carbonyl (C=O) groups is 2. The van der Waals surface area contributed by atoms with Gasteiger partial charge in [-0.2, -0.15) is 0 Å². The largest absolute Gasteiger partial charge is 0.481 e. The van der Waals surface area contributed by atoms with Crippen molar-refractivity contribution in [2.24, 2.45) is 0 Å². The van der Waals surface area contributed by atoms with Crippen LogP contribution >= 0.6 is 0 Å². The Hall–Kier alpha value is -1.30. The molecule has 6 heteroatoms. The fraction of sp³-hybridized carbons (Fsp3) is 0.818. The van der Waals surface area contributed by atoms with Gasteiger partial charge in [0.2, 0.25) is 0 Å². The molecule has 0 aromatic rings. The zero-order chi connectivity index (χ0) is 13.5. The van der Waals surface area contributed by atoms with Crippen LogP contribution in [0.3, 0.4) is 0 Å². The van der Waals surface area contributed by atoms with E-state index >= 15 is 0 Å². The molecule has 6 nitrogen and oxygen atoms in total. The number of aliphatic carboxylic acids is 1. The van der Waals surface area contributed by atoms with E-state index in [1.165, 1.54) is 4.90 Å². The van der Waals surface area contributed by atoms with E-state index in [1.54, 1.807) is 20.8 Å². The van der Waals surface area contributed by atoms with Crippen molar-refractivity contribution < 1.29 is 24.5 Å². The summed E-state index contributed by atoms with van der Waals surface area (Å²) in [6, 6.07) is 0. The van der Waals surface area contributed by atoms with Gasteiger partial charge in [-0.05, 0) is 27.2 Å². The average molecular weight is 247 g/mol. The number of amides is 1. The first-order valence-electron chi connectivity index (χ1n) is 5.57. The van der Waals surface area contributed by atoms with Crippen LogP contribution in [0.4, 0.5) is 4.79 Å². The van der Waals surface area contributed by atoms with Crippen LogP contribution in [0.25, 0.3) is 0 Å². The maximum Gasteiger partial charge on any atom is 0.410 e. The van der Waals surface area contributed by atoms with E-state index in [9.17, 15) is 9.59 Å². The Bertz CT molecular complexity index is 259. The summed E-state index contributed by atoms with van der Waals surface area (Å²) in [4.78, 5) is 23.5. The summed E-state index contributed by atoms with van der Waals surface area (Å²) in [6.07, 6.45) is -0.281. The van der Waals surface area contributed by atoms with Crippen LogP contribution in [0, 0.1) is 0 Å². The summed E-state index contributed by atoms with van der Waals surface area (Å²) in [5.41, 5.74) is -0.613. The molecule has 0 spiro atoms. The summed E-state index contributed by atoms with van der Waals surface area (Å²) in [7, 11) is 0. The van der Waals surface area contributed by atoms with Crippen LogP contribution < -0.4 is 0 Å². The number of aliphatic hydroxyl groups is 1. The van der Waals surface area contributed by atoms with E-state index in [-0.39, 0.29) is 19.6 Å². The van der Waals surface area contributed by atoms with Gasteiger partial charge in [-0.15, -0.1) is 0 Å². The fourth-order valence-corrected chi connectivity index (χ4v) is 1.11. The van der Waals surface area contributed by atoms with Crippen molar-refractivity contribution in [2.75, 3.05) is 19.7 Å². The van der Waals surface area contributed by atoms with Crippen LogP contribution in [0.15, 0.2) is 0 Å². The maximum absolute atomic E-state index is 11.7. The van der Waals surface area contributed by atoms with Crippen LogP contribution in [0.2, 0.25) is 0 Å². The summed E-state index contributed by atoms with van der Waals surface area (Å²) in [6.45, 7) is 5.56. The summed E-state index contributed by atoms with van der Waals surface area (Å²) in [5, 5.41) is 17.3. The molecule has 0 fully saturated rings. The molecule has 0 unspecified atom stereocenters. The number of hydrogen-bond acceptors (Lipinski definition) is 4. The SMILES string of the molecule is CC(C)(C)OC(=O)N(CCCO)CCC(=O)O. The molecule has 0 saturated heterocycles. The van der Waals surface area contributed by atoms with Crippen LogP contribution in [0.1, 0.15) is 33.6 Å². The molecule has 0 aromatic carbocycles. The second kappa shape index (κ2) is 7.11. The topological polar surface area (TPSA) is 87.1 Å². The highest BCUT2D eigenvalue weighted by Crippen LogP contribution is 2.10. The third-order valence-electron chi connectivity index (χ3n) is 1.83. The lowest BCUT2D eigenvalue weighted by Crippen LogP contribution is -2.38. The zero-order valence-corrected chi connectivity index (χ0v) is 10.6. The molecule has 17 heavy (non-hydrogen) atoms. The Morgan fingerprint density at radius 2 is 1.82 bits per heavy atom. The van der Waals surface area contributed by atoms with Gasteiger partial charge in [-0.3, -0.25) is 4.79 Å². The normalized spacial score (nSPS) is 11.1. The van der Waals surface area contributed by atoms with Gasteiger partial charge in [0, 0.05) is 19.7 Å². The molecule has 0 rings (SSSR count). The third kappa shape index (κ3) is 8.50. The first-order valence-corrected chi connectivity index (χ1v) is 5.57. The van der Waals surface area contributed by atoms with Crippen LogP contribution in [0.5, 0.6) is 0 Å². The Labute approximate surface area is 101 Å². The van der Waals surface area contributed by atoms with Crippen LogP contribution in [-0.4, -0.2) is 52.5 Å². The first kappa shape index (κ1) is 15.7. The Morgan fingerprint density at radius 1 is 1.24 bits per heavy atom. The number of carboxylic acid groups (broad SMARTS) is 1. The van der Waals surface area contributed by atoms with E-state index in [4.69, 9.17) is 14.9 Å². The lowest BCUT2D eigenvalue weighted by Gasteiger charge is -2.26. The number of nitrogens with zero attached hydrogens (tertiary/aromatic N) is 1. The molecular weight excluding hydrogens is 226 g/mol. The molecule has 0 aliphatic rings. The zero-order valence-electron chi connectivity index (χ0n) is 10.6. The lowest BCUT2D eigenvalue weighted by atomic mass is 10.2. The lowest BCUT2D eigenvalue weighted by molar-refractivity contribution is -0.137. The second-order valence-electron chi connectivity index (χ2n) is 4.69. The monoisotopic (exact) mass is 247 g/mol. The molecule has 0 aliphatic heterocycles. The van der Waals surface area contributed by atoms with Crippen molar-refractivity contribution in [3.8, 4) is 0 Å². The minimum atomic E-state index is -0.970. The van der Waals surface area contributed by atoms with Crippen molar-refractivity contribution in [1.29, 1.82) is 0 Å². The molecule has 0 heterocycles. The number of rotatable bonds is 6. The van der Waals surface area contributed by atoms with Gasteiger partial charge in [0.25, 0.3) is 0 Å². The minimum Gasteiger partial charge on any atom is -0.481 e. The molecule has 0 aromatic heterocycles. The highest BCUT2D eigenvalue weighted by atomic mass is 16.6. The molecule has 2 N–H and O–H groups in total. The van der Waals surface area contributed by atoms with Crippen molar-refractivity contribution in [2.45, 2.75) is 39.2 Å². The van der Waals surface area contributed by atoms with Crippen molar-refractivity contribution in [3.63, 3.8) is 0 Å². The Morgan fingerprint density at radius 3 is 2.24 bits per heavy atom. The Kier molecular flexibility index (Phi) is 6.57. The van der Waals surface area contributed by atoms with Crippen molar-refractivity contribution >= 4 is 12.1 Å². The van der Waals surface area contributed by atoms with Crippen LogP contribution in [-0.2, 0) is 9.53 Å². The second-order valence-corrected chi connectivity index (χ2v) is 4.69. The van der Waals surface area contributed by atoms with Gasteiger partial charge in [0.1, 0.15) is 5.60 Å². The number of hydrogen-bond donors (Lipinski definition) is 2. The van der Waals surface area contributed by atoms with Gasteiger partial charge in [0.15, 0.2) is 0 Å². The quantitative estimate of drug-likeness (QED) is 0.733. The molecule has 0 saturated carbocycles. The molecule has 0 aliphatic carbocycles. The van der Waals surface area contributed by atoms with Gasteiger partial charge >= 0.3 is 12.1 Å². The Balaban J connectivity index is 4.33. The highest BCUT2D eigenvalue weighted by molar-refractivity contribution is 5.70. The summed E-state index contributed by atoms with van der Waals surface area (Å²) >= 11 is 0. The highest BCUT2D eigenvalue weighted by Gasteiger charge is 2.22. The van der Waals surface area contributed by atoms with E-state index in [2.05, 4.69) is 0 Å². The third-order valence-corrected chi connectivity index (χ3v) is 1.83. The predicted octanol–water partition coefficient (Wildman–Crippen LogP) is 1.08. The minimum absolute atomic E-state index is 0.0492. The molecule has 0 radical (unpaired) electrons. The number of aliphatic hydroxyl groups excluding tert-OH is 1. The molecule has 0 atom stereocenters. The first-order chi connectivity index (χ1) is 7.76. The van der Waals surface area contributed by atoms with E-state index in [1.807, 2.05) is 0 Å². The predicted molar refractivity (Wildman–Crippen MR) is 61.8 cm³/mol. The summed E-state index contributed by atoms with van der Waals surface area (Å²) in [5.74, 6) is -0.970. The molecule has 100 valence electrons. The van der Waals surface area contributed by atoms with Gasteiger partial charge in [-0.1, -0.05) is 0 Å². The number of carboxylic acids is 1. The van der Waals surface area contributed by atoms with Gasteiger partial charge < -0.3 is 19.8 Å². The maximum atomic E-state index is 11.7. The fourth-order valence-electron chi connectivity index (χ4n) is 1.11. The van der Waals surface area contributed by atoms with E-state index in [0.29, 0.717) is 13.0 Å². The molecular formula is C11H21NO5. The standard InChI is InChI=1S/C11H21NO5/c1-11(2,3)17-10(16)12(6-4-8-13)7-5-9(14)15/h13H,4-8H2,1-3H3,(H,14,15). The van der Waals surface area contributed by atoms with Crippen molar-refractivity contribution in [3.05, 3.63) is 0 Å². The van der Waals surface area contributed by atoms with Gasteiger partial charge in [0.05, 0.1) is 6.42 Å². The molecule has 0 bridgehead atoms. The molecule has 1 amide bonds. The average Bonchev–Trinajstić information content (AvgIpc) is 2.14. The number of carbonyl (C=O) groups excluding carboxylic acids is 1. The van der Waals surface area contributed by atoms with E-state index in [0.717, 1.165) is 0 Å².